The molecule has 1 aromatic heterocycles. The van der Waals surface area contributed by atoms with E-state index in [9.17, 15) is 4.79 Å². The molecule has 1 saturated heterocycles. The van der Waals surface area contributed by atoms with Gasteiger partial charge in [0.1, 0.15) is 0 Å². The second kappa shape index (κ2) is 6.08. The van der Waals surface area contributed by atoms with Crippen molar-refractivity contribution in [2.24, 2.45) is 0 Å². The van der Waals surface area contributed by atoms with Crippen LogP contribution in [0.2, 0.25) is 0 Å². The zero-order valence-electron chi connectivity index (χ0n) is 12.2. The van der Waals surface area contributed by atoms with Crippen LogP contribution in [0.1, 0.15) is 33.5 Å². The van der Waals surface area contributed by atoms with Crippen molar-refractivity contribution in [2.75, 3.05) is 32.4 Å². The maximum Gasteiger partial charge on any atom is 0.263 e. The molecule has 5 heteroatoms. The summed E-state index contributed by atoms with van der Waals surface area (Å²) in [5.41, 5.74) is 1.40. The zero-order valence-corrected chi connectivity index (χ0v) is 13.9. The van der Waals surface area contributed by atoms with E-state index in [0.717, 1.165) is 49.7 Å². The van der Waals surface area contributed by atoms with Crippen LogP contribution in [0.15, 0.2) is 6.07 Å². The van der Waals surface area contributed by atoms with Gasteiger partial charge < -0.3 is 9.80 Å². The summed E-state index contributed by atoms with van der Waals surface area (Å²) in [6.07, 6.45) is 2.20. The number of hydrogen-bond acceptors (Lipinski definition) is 4. The average molecular weight is 310 g/mol. The van der Waals surface area contributed by atoms with E-state index in [1.807, 2.05) is 11.8 Å². The molecule has 20 heavy (non-hydrogen) atoms. The highest BCUT2D eigenvalue weighted by Gasteiger charge is 2.24. The smallest absolute Gasteiger partial charge is 0.263 e. The van der Waals surface area contributed by atoms with Crippen LogP contribution in [-0.2, 0) is 13.0 Å². The fraction of sp³-hybridized carbons (Fsp3) is 0.667. The number of likely N-dealkylation sites (N-methyl/N-ethyl adjacent to an activating group) is 1. The molecule has 0 spiro atoms. The largest absolute Gasteiger partial charge is 0.337 e. The maximum atomic E-state index is 12.7. The van der Waals surface area contributed by atoms with Crippen LogP contribution in [0.4, 0.5) is 0 Å². The highest BCUT2D eigenvalue weighted by Crippen LogP contribution is 2.29. The van der Waals surface area contributed by atoms with Crippen molar-refractivity contribution in [2.45, 2.75) is 31.6 Å². The second-order valence-corrected chi connectivity index (χ2v) is 8.49. The normalized spacial score (nSPS) is 24.3. The van der Waals surface area contributed by atoms with Crippen LogP contribution in [-0.4, -0.2) is 53.4 Å². The molecule has 1 atom stereocenters. The molecule has 0 bridgehead atoms. The van der Waals surface area contributed by atoms with E-state index in [2.05, 4.69) is 29.8 Å². The molecule has 0 saturated carbocycles. The minimum absolute atomic E-state index is 0.252. The number of carbonyl (C=O) groups is 1. The van der Waals surface area contributed by atoms with Crippen molar-refractivity contribution >= 4 is 29.0 Å². The quantitative estimate of drug-likeness (QED) is 0.797. The van der Waals surface area contributed by atoms with Gasteiger partial charge in [0.05, 0.1) is 4.88 Å². The third kappa shape index (κ3) is 3.05. The van der Waals surface area contributed by atoms with Gasteiger partial charge in [-0.3, -0.25) is 4.79 Å². The summed E-state index contributed by atoms with van der Waals surface area (Å²) < 4.78 is 0. The summed E-state index contributed by atoms with van der Waals surface area (Å²) in [7, 11) is 2.15. The Hall–Kier alpha value is -0.520. The number of thiophene rings is 1. The number of carbonyl (C=O) groups excluding carboxylic acids is 1. The van der Waals surface area contributed by atoms with Crippen LogP contribution in [0.25, 0.3) is 0 Å². The van der Waals surface area contributed by atoms with Crippen molar-refractivity contribution in [3.05, 3.63) is 21.4 Å². The molecule has 3 heterocycles. The number of thioether (sulfide) groups is 1. The lowest BCUT2D eigenvalue weighted by Crippen LogP contribution is -2.32. The summed E-state index contributed by atoms with van der Waals surface area (Å²) in [5, 5.41) is 0.679. The summed E-state index contributed by atoms with van der Waals surface area (Å²) in [5.74, 6) is 1.32. The Morgan fingerprint density at radius 3 is 3.05 bits per heavy atom. The van der Waals surface area contributed by atoms with Gasteiger partial charge in [-0.05, 0) is 31.5 Å². The standard InChI is InChI=1S/C15H22N2OS2/c1-11-3-6-17(7-8-19-11)15(18)13-9-12-4-5-16(2)10-14(12)20-13/h9,11H,3-8,10H2,1-2H3. The van der Waals surface area contributed by atoms with Gasteiger partial charge >= 0.3 is 0 Å². The molecule has 1 fully saturated rings. The van der Waals surface area contributed by atoms with Crippen LogP contribution in [0.3, 0.4) is 0 Å². The molecule has 0 aliphatic carbocycles. The second-order valence-electron chi connectivity index (χ2n) is 5.81. The SMILES string of the molecule is CC1CCN(C(=O)c2cc3c(s2)CN(C)CC3)CCS1. The lowest BCUT2D eigenvalue weighted by atomic mass is 10.1. The minimum atomic E-state index is 0.252. The average Bonchev–Trinajstić information content (AvgIpc) is 2.72. The van der Waals surface area contributed by atoms with E-state index in [1.54, 1.807) is 11.3 Å². The number of nitrogens with zero attached hydrogens (tertiary/aromatic N) is 2. The van der Waals surface area contributed by atoms with Crippen molar-refractivity contribution in [1.82, 2.24) is 9.80 Å². The minimum Gasteiger partial charge on any atom is -0.337 e. The monoisotopic (exact) mass is 310 g/mol. The molecular formula is C15H22N2OS2. The van der Waals surface area contributed by atoms with Gasteiger partial charge in [-0.1, -0.05) is 6.92 Å². The lowest BCUT2D eigenvalue weighted by Gasteiger charge is -2.21. The van der Waals surface area contributed by atoms with Crippen LogP contribution in [0.5, 0.6) is 0 Å². The lowest BCUT2D eigenvalue weighted by molar-refractivity contribution is 0.0772. The van der Waals surface area contributed by atoms with Gasteiger partial charge in [-0.15, -0.1) is 11.3 Å². The van der Waals surface area contributed by atoms with E-state index >= 15 is 0 Å². The Morgan fingerprint density at radius 1 is 1.35 bits per heavy atom. The maximum absolute atomic E-state index is 12.7. The van der Waals surface area contributed by atoms with Gasteiger partial charge in [0.25, 0.3) is 5.91 Å². The molecule has 1 amide bonds. The summed E-state index contributed by atoms with van der Waals surface area (Å²) >= 11 is 3.69. The predicted octanol–water partition coefficient (Wildman–Crippen LogP) is 2.70. The predicted molar refractivity (Wildman–Crippen MR) is 86.8 cm³/mol. The molecular weight excluding hydrogens is 288 g/mol. The van der Waals surface area contributed by atoms with Crippen molar-refractivity contribution < 1.29 is 4.79 Å². The fourth-order valence-electron chi connectivity index (χ4n) is 2.81. The fourth-order valence-corrected chi connectivity index (χ4v) is 5.07. The molecule has 2 aliphatic heterocycles. The Morgan fingerprint density at radius 2 is 2.20 bits per heavy atom. The van der Waals surface area contributed by atoms with E-state index in [4.69, 9.17) is 0 Å². The molecule has 1 aromatic rings. The molecule has 0 radical (unpaired) electrons. The molecule has 0 aromatic carbocycles. The highest BCUT2D eigenvalue weighted by atomic mass is 32.2. The Bertz CT molecular complexity index is 500. The van der Waals surface area contributed by atoms with Gasteiger partial charge in [0.2, 0.25) is 0 Å². The molecule has 110 valence electrons. The van der Waals surface area contributed by atoms with Gasteiger partial charge in [0, 0.05) is 42.1 Å². The first-order valence-corrected chi connectivity index (χ1v) is 9.21. The Labute approximate surface area is 129 Å². The van der Waals surface area contributed by atoms with Gasteiger partial charge in [-0.25, -0.2) is 0 Å². The third-order valence-electron chi connectivity index (χ3n) is 4.14. The van der Waals surface area contributed by atoms with Crippen molar-refractivity contribution in [3.63, 3.8) is 0 Å². The number of hydrogen-bond donors (Lipinski definition) is 0. The first kappa shape index (κ1) is 14.4. The molecule has 3 rings (SSSR count). The number of amides is 1. The first-order valence-electron chi connectivity index (χ1n) is 7.34. The Kier molecular flexibility index (Phi) is 4.38. The zero-order chi connectivity index (χ0) is 14.1. The van der Waals surface area contributed by atoms with E-state index in [1.165, 1.54) is 10.4 Å². The van der Waals surface area contributed by atoms with E-state index in [0.29, 0.717) is 5.25 Å². The molecule has 0 N–H and O–H groups in total. The molecule has 3 nitrogen and oxygen atoms in total. The third-order valence-corrected chi connectivity index (χ3v) is 6.51. The molecule has 1 unspecified atom stereocenters. The van der Waals surface area contributed by atoms with Crippen LogP contribution >= 0.6 is 23.1 Å². The van der Waals surface area contributed by atoms with Crippen molar-refractivity contribution in [3.8, 4) is 0 Å². The summed E-state index contributed by atoms with van der Waals surface area (Å²) in [6.45, 7) is 6.18. The highest BCUT2D eigenvalue weighted by molar-refractivity contribution is 7.99. The molecule has 2 aliphatic rings. The van der Waals surface area contributed by atoms with Crippen LogP contribution < -0.4 is 0 Å². The van der Waals surface area contributed by atoms with Crippen molar-refractivity contribution in [1.29, 1.82) is 0 Å². The summed E-state index contributed by atoms with van der Waals surface area (Å²) in [4.78, 5) is 19.4. The topological polar surface area (TPSA) is 23.6 Å². The van der Waals surface area contributed by atoms with Gasteiger partial charge in [0.15, 0.2) is 0 Å². The number of rotatable bonds is 1. The first-order chi connectivity index (χ1) is 9.63. The summed E-state index contributed by atoms with van der Waals surface area (Å²) in [6, 6.07) is 2.15. The number of fused-ring (bicyclic) bond motifs is 1. The van der Waals surface area contributed by atoms with Crippen LogP contribution in [0, 0.1) is 0 Å². The van der Waals surface area contributed by atoms with Gasteiger partial charge in [-0.2, -0.15) is 11.8 Å². The van der Waals surface area contributed by atoms with E-state index in [-0.39, 0.29) is 5.91 Å². The van der Waals surface area contributed by atoms with E-state index < -0.39 is 0 Å². The Balaban J connectivity index is 1.74.